The van der Waals surface area contributed by atoms with Crippen LogP contribution in [-0.4, -0.2) is 60.4 Å². The first kappa shape index (κ1) is 18.6. The van der Waals surface area contributed by atoms with Crippen LogP contribution in [0.5, 0.6) is 0 Å². The maximum Gasteiger partial charge on any atom is 0.232 e. The molecule has 7 heteroatoms. The second-order valence-corrected chi connectivity index (χ2v) is 6.53. The van der Waals surface area contributed by atoms with Crippen molar-refractivity contribution in [3.63, 3.8) is 0 Å². The van der Waals surface area contributed by atoms with E-state index in [1.54, 1.807) is 0 Å². The molecule has 1 atom stereocenters. The number of carbonyl (C=O) groups is 2. The molecule has 0 aromatic heterocycles. The molecule has 2 fully saturated rings. The number of nitrogens with zero attached hydrogens (tertiary/aromatic N) is 1. The summed E-state index contributed by atoms with van der Waals surface area (Å²) in [5.41, 5.74) is 0. The van der Waals surface area contributed by atoms with Crippen LogP contribution in [0.15, 0.2) is 0 Å². The first-order valence-electron chi connectivity index (χ1n) is 7.61. The van der Waals surface area contributed by atoms with Crippen molar-refractivity contribution in [3.05, 3.63) is 0 Å². The zero-order chi connectivity index (χ0) is 14.2. The third-order valence-corrected chi connectivity index (χ3v) is 4.75. The number of likely N-dealkylation sites (tertiary alicyclic amines) is 1. The number of thioether (sulfide) groups is 1. The molecule has 2 N–H and O–H groups in total. The van der Waals surface area contributed by atoms with Crippen molar-refractivity contribution in [1.82, 2.24) is 15.5 Å². The second kappa shape index (κ2) is 10.3. The Morgan fingerprint density at radius 3 is 2.57 bits per heavy atom. The molecule has 0 radical (unpaired) electrons. The van der Waals surface area contributed by atoms with Crippen LogP contribution < -0.4 is 10.6 Å². The number of nitrogens with one attached hydrogen (secondary N) is 2. The summed E-state index contributed by atoms with van der Waals surface area (Å²) in [7, 11) is 0. The lowest BCUT2D eigenvalue weighted by Crippen LogP contribution is -2.46. The van der Waals surface area contributed by atoms with Gasteiger partial charge in [0.15, 0.2) is 0 Å². The average molecular weight is 336 g/mol. The average Bonchev–Trinajstić information content (AvgIpc) is 2.49. The molecule has 2 aliphatic heterocycles. The van der Waals surface area contributed by atoms with Gasteiger partial charge in [0, 0.05) is 25.7 Å². The molecule has 0 saturated carbocycles. The Hall–Kier alpha value is -0.460. The summed E-state index contributed by atoms with van der Waals surface area (Å²) in [5.74, 6) is 1.05. The highest BCUT2D eigenvalue weighted by Crippen LogP contribution is 2.11. The van der Waals surface area contributed by atoms with Crippen LogP contribution in [0.25, 0.3) is 0 Å². The summed E-state index contributed by atoms with van der Waals surface area (Å²) in [5, 5.41) is 6.30. The molecule has 0 aliphatic carbocycles. The smallest absolute Gasteiger partial charge is 0.232 e. The number of rotatable bonds is 5. The summed E-state index contributed by atoms with van der Waals surface area (Å²) >= 11 is 1.43. The monoisotopic (exact) mass is 335 g/mol. The third-order valence-electron chi connectivity index (χ3n) is 3.83. The van der Waals surface area contributed by atoms with E-state index in [-0.39, 0.29) is 30.3 Å². The van der Waals surface area contributed by atoms with E-state index in [4.69, 9.17) is 0 Å². The molecular weight excluding hydrogens is 310 g/mol. The molecule has 0 spiro atoms. The van der Waals surface area contributed by atoms with Gasteiger partial charge in [0.25, 0.3) is 0 Å². The minimum atomic E-state index is 0. The van der Waals surface area contributed by atoms with E-state index in [0.29, 0.717) is 11.5 Å². The fourth-order valence-corrected chi connectivity index (χ4v) is 3.44. The maximum absolute atomic E-state index is 11.9. The van der Waals surface area contributed by atoms with Crippen LogP contribution in [0, 0.1) is 0 Å². The van der Waals surface area contributed by atoms with Gasteiger partial charge in [-0.3, -0.25) is 9.59 Å². The zero-order valence-electron chi connectivity index (χ0n) is 12.4. The molecule has 2 saturated heterocycles. The van der Waals surface area contributed by atoms with Crippen molar-refractivity contribution in [3.8, 4) is 0 Å². The zero-order valence-corrected chi connectivity index (χ0v) is 14.1. The van der Waals surface area contributed by atoms with Crippen LogP contribution in [0.3, 0.4) is 0 Å². The van der Waals surface area contributed by atoms with Gasteiger partial charge in [0.05, 0.1) is 11.5 Å². The quantitative estimate of drug-likeness (QED) is 0.787. The Morgan fingerprint density at radius 1 is 1.14 bits per heavy atom. The van der Waals surface area contributed by atoms with Gasteiger partial charge in [-0.2, -0.15) is 0 Å². The van der Waals surface area contributed by atoms with Crippen LogP contribution >= 0.6 is 24.2 Å². The van der Waals surface area contributed by atoms with E-state index in [2.05, 4.69) is 10.6 Å². The molecule has 0 bridgehead atoms. The molecule has 2 rings (SSSR count). The van der Waals surface area contributed by atoms with Crippen LogP contribution in [0.1, 0.15) is 32.1 Å². The number of hydrogen-bond donors (Lipinski definition) is 2. The van der Waals surface area contributed by atoms with Gasteiger partial charge in [-0.25, -0.2) is 0 Å². The molecule has 2 aliphatic rings. The lowest BCUT2D eigenvalue weighted by molar-refractivity contribution is -0.129. The summed E-state index contributed by atoms with van der Waals surface area (Å²) in [4.78, 5) is 25.6. The number of carbonyl (C=O) groups excluding carboxylic acids is 2. The van der Waals surface area contributed by atoms with Gasteiger partial charge in [-0.15, -0.1) is 24.2 Å². The van der Waals surface area contributed by atoms with Gasteiger partial charge in [-0.05, 0) is 38.6 Å². The first-order chi connectivity index (χ1) is 9.75. The summed E-state index contributed by atoms with van der Waals surface area (Å²) < 4.78 is 0. The van der Waals surface area contributed by atoms with Crippen LogP contribution in [0.4, 0.5) is 0 Å². The standard InChI is InChI=1S/C14H25N3O2S.ClH/c18-13(16-12-5-4-6-15-9-12)10-20-11-14(19)17-7-2-1-3-8-17;/h12,15H,1-11H2,(H,16,18);1H. The maximum atomic E-state index is 11.9. The minimum absolute atomic E-state index is 0. The Labute approximate surface area is 137 Å². The SMILES string of the molecule is Cl.O=C(CSCC(=O)N1CCCCC1)NC1CCCNC1. The van der Waals surface area contributed by atoms with Crippen molar-refractivity contribution in [2.45, 2.75) is 38.1 Å². The van der Waals surface area contributed by atoms with Crippen molar-refractivity contribution >= 4 is 36.0 Å². The molecule has 0 aromatic carbocycles. The van der Waals surface area contributed by atoms with E-state index < -0.39 is 0 Å². The molecule has 122 valence electrons. The van der Waals surface area contributed by atoms with Crippen molar-refractivity contribution in [1.29, 1.82) is 0 Å². The van der Waals surface area contributed by atoms with E-state index in [9.17, 15) is 9.59 Å². The summed E-state index contributed by atoms with van der Waals surface area (Å²) in [6.45, 7) is 3.69. The van der Waals surface area contributed by atoms with Crippen molar-refractivity contribution < 1.29 is 9.59 Å². The molecule has 21 heavy (non-hydrogen) atoms. The van der Waals surface area contributed by atoms with Gasteiger partial charge in [0.1, 0.15) is 0 Å². The molecule has 1 unspecified atom stereocenters. The van der Waals surface area contributed by atoms with Gasteiger partial charge >= 0.3 is 0 Å². The van der Waals surface area contributed by atoms with E-state index in [1.807, 2.05) is 4.90 Å². The molecular formula is C14H26ClN3O2S. The second-order valence-electron chi connectivity index (χ2n) is 5.55. The number of piperidine rings is 2. The van der Waals surface area contributed by atoms with Crippen molar-refractivity contribution in [2.24, 2.45) is 0 Å². The highest BCUT2D eigenvalue weighted by Gasteiger charge is 2.18. The Morgan fingerprint density at radius 2 is 1.90 bits per heavy atom. The lowest BCUT2D eigenvalue weighted by Gasteiger charge is -2.26. The minimum Gasteiger partial charge on any atom is -0.351 e. The summed E-state index contributed by atoms with van der Waals surface area (Å²) in [6.07, 6.45) is 5.63. The first-order valence-corrected chi connectivity index (χ1v) is 8.77. The topological polar surface area (TPSA) is 61.4 Å². The number of halogens is 1. The Bertz CT molecular complexity index is 332. The predicted octanol–water partition coefficient (Wildman–Crippen LogP) is 1.02. The van der Waals surface area contributed by atoms with Gasteiger partial charge in [0.2, 0.25) is 11.8 Å². The van der Waals surface area contributed by atoms with Gasteiger partial charge < -0.3 is 15.5 Å². The molecule has 0 aromatic rings. The van der Waals surface area contributed by atoms with Crippen molar-refractivity contribution in [2.75, 3.05) is 37.7 Å². The van der Waals surface area contributed by atoms with E-state index in [0.717, 1.165) is 51.9 Å². The lowest BCUT2D eigenvalue weighted by atomic mass is 10.1. The summed E-state index contributed by atoms with van der Waals surface area (Å²) in [6, 6.07) is 0.259. The molecule has 2 heterocycles. The largest absolute Gasteiger partial charge is 0.351 e. The van der Waals surface area contributed by atoms with Gasteiger partial charge in [-0.1, -0.05) is 0 Å². The predicted molar refractivity (Wildman–Crippen MR) is 89.0 cm³/mol. The normalized spacial score (nSPS) is 22.3. The Kier molecular flexibility index (Phi) is 9.11. The highest BCUT2D eigenvalue weighted by molar-refractivity contribution is 8.00. The number of hydrogen-bond acceptors (Lipinski definition) is 4. The van der Waals surface area contributed by atoms with Crippen LogP contribution in [0.2, 0.25) is 0 Å². The van der Waals surface area contributed by atoms with E-state index in [1.165, 1.54) is 18.2 Å². The fourth-order valence-electron chi connectivity index (χ4n) is 2.71. The number of amides is 2. The molecule has 5 nitrogen and oxygen atoms in total. The Balaban J connectivity index is 0.00000220. The fraction of sp³-hybridized carbons (Fsp3) is 0.857. The third kappa shape index (κ3) is 6.89. The van der Waals surface area contributed by atoms with Crippen LogP contribution in [-0.2, 0) is 9.59 Å². The van der Waals surface area contributed by atoms with E-state index >= 15 is 0 Å². The molecule has 2 amide bonds. The highest BCUT2D eigenvalue weighted by atomic mass is 35.5.